The maximum Gasteiger partial charge on any atom is 0.397 e. The van der Waals surface area contributed by atoms with Crippen LogP contribution in [0.15, 0.2) is 24.3 Å². The third kappa shape index (κ3) is 2.70. The molecule has 0 atom stereocenters. The Bertz CT molecular complexity index is 375. The number of hydrogen-bond acceptors (Lipinski definition) is 3. The van der Waals surface area contributed by atoms with E-state index in [4.69, 9.17) is 11.6 Å². The molecule has 0 bridgehead atoms. The van der Waals surface area contributed by atoms with E-state index in [1.54, 1.807) is 24.3 Å². The second-order valence-corrected chi connectivity index (χ2v) is 3.27. The molecule has 0 saturated heterocycles. The fraction of sp³-hybridized carbons (Fsp3) is 0.200. The molecule has 0 aromatic heterocycles. The lowest BCUT2D eigenvalue weighted by atomic mass is 10.3. The first kappa shape index (κ1) is 11.5. The number of amides is 1. The molecular weight excluding hydrogens is 218 g/mol. The number of rotatable bonds is 1. The summed E-state index contributed by atoms with van der Waals surface area (Å²) in [6.45, 7) is 0. The minimum Gasteiger partial charge on any atom is -0.462 e. The largest absolute Gasteiger partial charge is 0.462 e. The van der Waals surface area contributed by atoms with Crippen LogP contribution in [0.3, 0.4) is 0 Å². The van der Waals surface area contributed by atoms with Gasteiger partial charge in [-0.05, 0) is 24.3 Å². The van der Waals surface area contributed by atoms with E-state index in [9.17, 15) is 9.59 Å². The Morgan fingerprint density at radius 1 is 1.27 bits per heavy atom. The van der Waals surface area contributed by atoms with Gasteiger partial charge in [-0.15, -0.1) is 0 Å². The van der Waals surface area contributed by atoms with Gasteiger partial charge in [-0.3, -0.25) is 4.79 Å². The standard InChI is InChI=1S/C10H10ClNO3/c1-12(9(13)10(14)15-2)8-5-3-7(11)4-6-8/h3-6H,1-2H3. The van der Waals surface area contributed by atoms with Crippen molar-refractivity contribution in [2.45, 2.75) is 0 Å². The van der Waals surface area contributed by atoms with E-state index in [-0.39, 0.29) is 0 Å². The molecule has 0 aliphatic rings. The molecular formula is C10H10ClNO3. The summed E-state index contributed by atoms with van der Waals surface area (Å²) < 4.78 is 4.32. The Labute approximate surface area is 92.4 Å². The second-order valence-electron chi connectivity index (χ2n) is 2.83. The van der Waals surface area contributed by atoms with Gasteiger partial charge in [0.15, 0.2) is 0 Å². The average Bonchev–Trinajstić information content (AvgIpc) is 2.27. The quantitative estimate of drug-likeness (QED) is 0.539. The number of likely N-dealkylation sites (N-methyl/N-ethyl adjacent to an activating group) is 1. The van der Waals surface area contributed by atoms with Gasteiger partial charge >= 0.3 is 11.9 Å². The van der Waals surface area contributed by atoms with Crippen molar-refractivity contribution in [2.75, 3.05) is 19.1 Å². The van der Waals surface area contributed by atoms with Crippen LogP contribution < -0.4 is 4.90 Å². The highest BCUT2D eigenvalue weighted by Gasteiger charge is 2.20. The van der Waals surface area contributed by atoms with Crippen molar-refractivity contribution >= 4 is 29.2 Å². The third-order valence-electron chi connectivity index (χ3n) is 1.88. The zero-order chi connectivity index (χ0) is 11.4. The van der Waals surface area contributed by atoms with Crippen LogP contribution in [0.2, 0.25) is 5.02 Å². The molecule has 1 rings (SSSR count). The third-order valence-corrected chi connectivity index (χ3v) is 2.13. The zero-order valence-corrected chi connectivity index (χ0v) is 9.12. The molecule has 0 N–H and O–H groups in total. The predicted molar refractivity (Wildman–Crippen MR) is 56.9 cm³/mol. The predicted octanol–water partition coefficient (Wildman–Crippen LogP) is 1.48. The first-order valence-corrected chi connectivity index (χ1v) is 4.55. The minimum absolute atomic E-state index is 0.567. The van der Waals surface area contributed by atoms with Crippen molar-refractivity contribution in [1.82, 2.24) is 0 Å². The number of esters is 1. The van der Waals surface area contributed by atoms with Gasteiger partial charge in [0, 0.05) is 17.8 Å². The molecule has 1 amide bonds. The SMILES string of the molecule is COC(=O)C(=O)N(C)c1ccc(Cl)cc1. The molecule has 0 spiro atoms. The Balaban J connectivity index is 2.85. The summed E-state index contributed by atoms with van der Waals surface area (Å²) >= 11 is 5.69. The molecule has 1 aromatic carbocycles. The van der Waals surface area contributed by atoms with Crippen molar-refractivity contribution in [1.29, 1.82) is 0 Å². The topological polar surface area (TPSA) is 46.6 Å². The highest BCUT2D eigenvalue weighted by atomic mass is 35.5. The van der Waals surface area contributed by atoms with E-state index in [1.165, 1.54) is 11.9 Å². The summed E-state index contributed by atoms with van der Waals surface area (Å²) in [6, 6.07) is 6.56. The number of nitrogens with zero attached hydrogens (tertiary/aromatic N) is 1. The number of halogens is 1. The van der Waals surface area contributed by atoms with Crippen LogP contribution in [0.1, 0.15) is 0 Å². The molecule has 0 aliphatic heterocycles. The van der Waals surface area contributed by atoms with Crippen molar-refractivity contribution in [3.05, 3.63) is 29.3 Å². The van der Waals surface area contributed by atoms with Crippen molar-refractivity contribution in [3.63, 3.8) is 0 Å². The normalized spacial score (nSPS) is 9.53. The van der Waals surface area contributed by atoms with Crippen molar-refractivity contribution in [3.8, 4) is 0 Å². The van der Waals surface area contributed by atoms with E-state index < -0.39 is 11.9 Å². The number of carbonyl (C=O) groups excluding carboxylic acids is 2. The van der Waals surface area contributed by atoms with Crippen LogP contribution >= 0.6 is 11.6 Å². The Morgan fingerprint density at radius 2 is 1.80 bits per heavy atom. The van der Waals surface area contributed by atoms with Crippen molar-refractivity contribution < 1.29 is 14.3 Å². The molecule has 80 valence electrons. The van der Waals surface area contributed by atoms with Crippen LogP contribution in [0.5, 0.6) is 0 Å². The Morgan fingerprint density at radius 3 is 2.27 bits per heavy atom. The lowest BCUT2D eigenvalue weighted by Gasteiger charge is -2.15. The molecule has 4 nitrogen and oxygen atoms in total. The fourth-order valence-corrected chi connectivity index (χ4v) is 1.13. The minimum atomic E-state index is -0.896. The van der Waals surface area contributed by atoms with Gasteiger partial charge in [-0.1, -0.05) is 11.6 Å². The summed E-state index contributed by atoms with van der Waals surface area (Å²) in [5.74, 6) is -1.62. The van der Waals surface area contributed by atoms with E-state index in [2.05, 4.69) is 4.74 Å². The fourth-order valence-electron chi connectivity index (χ4n) is 1.01. The van der Waals surface area contributed by atoms with E-state index in [1.807, 2.05) is 0 Å². The first-order chi connectivity index (χ1) is 7.06. The zero-order valence-electron chi connectivity index (χ0n) is 8.36. The van der Waals surface area contributed by atoms with E-state index in [0.29, 0.717) is 10.7 Å². The van der Waals surface area contributed by atoms with E-state index in [0.717, 1.165) is 7.11 Å². The number of anilines is 1. The molecule has 5 heteroatoms. The molecule has 0 radical (unpaired) electrons. The molecule has 0 fully saturated rings. The first-order valence-electron chi connectivity index (χ1n) is 4.18. The average molecular weight is 228 g/mol. The number of hydrogen-bond donors (Lipinski definition) is 0. The number of carbonyl (C=O) groups is 2. The van der Waals surface area contributed by atoms with Gasteiger partial charge < -0.3 is 9.64 Å². The summed E-state index contributed by atoms with van der Waals surface area (Å²) in [4.78, 5) is 23.5. The lowest BCUT2D eigenvalue weighted by molar-refractivity contribution is -0.151. The van der Waals surface area contributed by atoms with Gasteiger partial charge in [0.1, 0.15) is 0 Å². The van der Waals surface area contributed by atoms with Gasteiger partial charge in [0.2, 0.25) is 0 Å². The van der Waals surface area contributed by atoms with Gasteiger partial charge in [0.25, 0.3) is 0 Å². The maximum atomic E-state index is 11.4. The Hall–Kier alpha value is -1.55. The maximum absolute atomic E-state index is 11.4. The number of ether oxygens (including phenoxy) is 1. The summed E-state index contributed by atoms with van der Waals surface area (Å²) in [7, 11) is 2.65. The second kappa shape index (κ2) is 4.79. The van der Waals surface area contributed by atoms with Gasteiger partial charge in [-0.2, -0.15) is 0 Å². The monoisotopic (exact) mass is 227 g/mol. The smallest absolute Gasteiger partial charge is 0.397 e. The van der Waals surface area contributed by atoms with Crippen LogP contribution in [-0.4, -0.2) is 26.0 Å². The number of benzene rings is 1. The lowest BCUT2D eigenvalue weighted by Crippen LogP contribution is -2.33. The van der Waals surface area contributed by atoms with Gasteiger partial charge in [0.05, 0.1) is 7.11 Å². The summed E-state index contributed by atoms with van der Waals surface area (Å²) in [5, 5.41) is 0.567. The number of methoxy groups -OCH3 is 1. The molecule has 0 saturated carbocycles. The molecule has 15 heavy (non-hydrogen) atoms. The summed E-state index contributed by atoms with van der Waals surface area (Å²) in [6.07, 6.45) is 0. The molecule has 0 heterocycles. The van der Waals surface area contributed by atoms with Crippen LogP contribution in [0.25, 0.3) is 0 Å². The Kier molecular flexibility index (Phi) is 3.68. The summed E-state index contributed by atoms with van der Waals surface area (Å²) in [5.41, 5.74) is 0.579. The highest BCUT2D eigenvalue weighted by Crippen LogP contribution is 2.16. The van der Waals surface area contributed by atoms with Crippen LogP contribution in [0, 0.1) is 0 Å². The van der Waals surface area contributed by atoms with Gasteiger partial charge in [-0.25, -0.2) is 4.79 Å². The van der Waals surface area contributed by atoms with Crippen LogP contribution in [0.4, 0.5) is 5.69 Å². The van der Waals surface area contributed by atoms with E-state index >= 15 is 0 Å². The molecule has 1 aromatic rings. The van der Waals surface area contributed by atoms with Crippen LogP contribution in [-0.2, 0) is 14.3 Å². The molecule has 0 aliphatic carbocycles. The van der Waals surface area contributed by atoms with Crippen molar-refractivity contribution in [2.24, 2.45) is 0 Å². The highest BCUT2D eigenvalue weighted by molar-refractivity contribution is 6.38. The molecule has 0 unspecified atom stereocenters.